The van der Waals surface area contributed by atoms with E-state index in [0.29, 0.717) is 0 Å². The number of benzene rings is 1. The molecular weight excluding hydrogens is 152 g/mol. The smallest absolute Gasteiger partial charge is 0.0761 e. The van der Waals surface area contributed by atoms with E-state index in [1.54, 1.807) is 13.8 Å². The van der Waals surface area contributed by atoms with Crippen LogP contribution >= 0.6 is 0 Å². The lowest BCUT2D eigenvalue weighted by Gasteiger charge is -2.07. The lowest BCUT2D eigenvalue weighted by molar-refractivity contribution is 0.195. The zero-order chi connectivity index (χ0) is 9.14. The van der Waals surface area contributed by atoms with E-state index in [2.05, 4.69) is 0 Å². The van der Waals surface area contributed by atoms with Gasteiger partial charge in [-0.05, 0) is 25.0 Å². The molecule has 1 rings (SSSR count). The molecule has 12 heavy (non-hydrogen) atoms. The van der Waals surface area contributed by atoms with E-state index in [-0.39, 0.29) is 0 Å². The van der Waals surface area contributed by atoms with Crippen molar-refractivity contribution in [1.29, 1.82) is 0 Å². The van der Waals surface area contributed by atoms with Gasteiger partial charge < -0.3 is 10.2 Å². The average molecular weight is 166 g/mol. The molecule has 66 valence electrons. The lowest BCUT2D eigenvalue weighted by Crippen LogP contribution is -1.94. The monoisotopic (exact) mass is 166 g/mol. The number of hydrogen-bond acceptors (Lipinski definition) is 2. The van der Waals surface area contributed by atoms with Crippen LogP contribution < -0.4 is 0 Å². The van der Waals surface area contributed by atoms with Crippen molar-refractivity contribution in [2.24, 2.45) is 0 Å². The third-order valence-corrected chi connectivity index (χ3v) is 1.90. The second kappa shape index (κ2) is 3.70. The largest absolute Gasteiger partial charge is 0.389 e. The van der Waals surface area contributed by atoms with Gasteiger partial charge >= 0.3 is 0 Å². The van der Waals surface area contributed by atoms with Crippen molar-refractivity contribution in [3.05, 3.63) is 35.4 Å². The van der Waals surface area contributed by atoms with Gasteiger partial charge in [-0.3, -0.25) is 0 Å². The molecule has 0 saturated carbocycles. The van der Waals surface area contributed by atoms with Gasteiger partial charge in [-0.1, -0.05) is 24.3 Å². The summed E-state index contributed by atoms with van der Waals surface area (Å²) in [5.74, 6) is 0. The fraction of sp³-hybridized carbons (Fsp3) is 0.400. The van der Waals surface area contributed by atoms with E-state index < -0.39 is 12.2 Å². The molecular formula is C10H14O2. The van der Waals surface area contributed by atoms with Crippen LogP contribution in [0.2, 0.25) is 0 Å². The Morgan fingerprint density at radius 3 is 1.25 bits per heavy atom. The van der Waals surface area contributed by atoms with Crippen LogP contribution in [0.1, 0.15) is 37.2 Å². The molecule has 0 aliphatic heterocycles. The van der Waals surface area contributed by atoms with Crippen molar-refractivity contribution in [3.8, 4) is 0 Å². The van der Waals surface area contributed by atoms with E-state index in [4.69, 9.17) is 0 Å². The molecule has 0 heterocycles. The molecule has 0 aliphatic rings. The highest BCUT2D eigenvalue weighted by Crippen LogP contribution is 2.16. The first kappa shape index (κ1) is 9.23. The molecule has 1 aromatic rings. The first-order valence-electron chi connectivity index (χ1n) is 4.07. The van der Waals surface area contributed by atoms with Crippen LogP contribution in [0.25, 0.3) is 0 Å². The Kier molecular flexibility index (Phi) is 2.84. The molecule has 0 spiro atoms. The Morgan fingerprint density at radius 1 is 0.833 bits per heavy atom. The van der Waals surface area contributed by atoms with Crippen LogP contribution in [-0.2, 0) is 0 Å². The number of aliphatic hydroxyl groups is 2. The summed E-state index contributed by atoms with van der Waals surface area (Å²) in [6, 6.07) is 7.30. The second-order valence-electron chi connectivity index (χ2n) is 3.02. The van der Waals surface area contributed by atoms with E-state index >= 15 is 0 Å². The number of aliphatic hydroxyl groups excluding tert-OH is 2. The molecule has 1 aromatic carbocycles. The lowest BCUT2D eigenvalue weighted by atomic mass is 10.1. The molecule has 0 aromatic heterocycles. The number of hydrogen-bond donors (Lipinski definition) is 2. The average Bonchev–Trinajstić information content (AvgIpc) is 2.04. The summed E-state index contributed by atoms with van der Waals surface area (Å²) in [5, 5.41) is 18.4. The van der Waals surface area contributed by atoms with Gasteiger partial charge in [0.1, 0.15) is 0 Å². The minimum atomic E-state index is -0.437. The van der Waals surface area contributed by atoms with Gasteiger partial charge in [-0.2, -0.15) is 0 Å². The van der Waals surface area contributed by atoms with Gasteiger partial charge in [0.05, 0.1) is 12.2 Å². The third-order valence-electron chi connectivity index (χ3n) is 1.90. The van der Waals surface area contributed by atoms with Crippen LogP contribution in [0.3, 0.4) is 0 Å². The molecule has 0 bridgehead atoms. The van der Waals surface area contributed by atoms with E-state index in [1.165, 1.54) is 0 Å². The van der Waals surface area contributed by atoms with Crippen LogP contribution in [0.15, 0.2) is 24.3 Å². The maximum Gasteiger partial charge on any atom is 0.0761 e. The molecule has 2 heteroatoms. The van der Waals surface area contributed by atoms with Gasteiger partial charge in [0, 0.05) is 0 Å². The fourth-order valence-electron chi connectivity index (χ4n) is 1.05. The highest BCUT2D eigenvalue weighted by atomic mass is 16.3. The first-order valence-corrected chi connectivity index (χ1v) is 4.07. The summed E-state index contributed by atoms with van der Waals surface area (Å²) in [6.45, 7) is 3.44. The van der Waals surface area contributed by atoms with E-state index in [1.807, 2.05) is 24.3 Å². The van der Waals surface area contributed by atoms with Gasteiger partial charge in [-0.15, -0.1) is 0 Å². The molecule has 2 nitrogen and oxygen atoms in total. The number of rotatable bonds is 2. The van der Waals surface area contributed by atoms with E-state index in [9.17, 15) is 10.2 Å². The van der Waals surface area contributed by atoms with Gasteiger partial charge in [0.15, 0.2) is 0 Å². The standard InChI is InChI=1S/C10H14O2/c1-7(11)9-3-5-10(6-4-9)8(2)12/h3-8,11-12H,1-2H3/t7-,8-/m0/s1. The summed E-state index contributed by atoms with van der Waals surface area (Å²) in [6.07, 6.45) is -0.874. The molecule has 0 aliphatic carbocycles. The summed E-state index contributed by atoms with van der Waals surface area (Å²) < 4.78 is 0. The molecule has 0 unspecified atom stereocenters. The van der Waals surface area contributed by atoms with Crippen LogP contribution in [-0.4, -0.2) is 10.2 Å². The topological polar surface area (TPSA) is 40.5 Å². The van der Waals surface area contributed by atoms with Crippen molar-refractivity contribution in [1.82, 2.24) is 0 Å². The molecule has 0 fully saturated rings. The zero-order valence-corrected chi connectivity index (χ0v) is 7.36. The second-order valence-corrected chi connectivity index (χ2v) is 3.02. The Labute approximate surface area is 72.5 Å². The van der Waals surface area contributed by atoms with Gasteiger partial charge in [0.25, 0.3) is 0 Å². The van der Waals surface area contributed by atoms with Gasteiger partial charge in [-0.25, -0.2) is 0 Å². The molecule has 2 N–H and O–H groups in total. The first-order chi connectivity index (χ1) is 5.61. The predicted octanol–water partition coefficient (Wildman–Crippen LogP) is 1.79. The third kappa shape index (κ3) is 2.06. The molecule has 0 saturated heterocycles. The minimum Gasteiger partial charge on any atom is -0.389 e. The normalized spacial score (nSPS) is 15.7. The Balaban J connectivity index is 2.86. The highest BCUT2D eigenvalue weighted by molar-refractivity contribution is 5.24. The quantitative estimate of drug-likeness (QED) is 0.703. The van der Waals surface area contributed by atoms with Crippen LogP contribution in [0, 0.1) is 0 Å². The Morgan fingerprint density at radius 2 is 1.08 bits per heavy atom. The summed E-state index contributed by atoms with van der Waals surface area (Å²) in [5.41, 5.74) is 1.75. The molecule has 2 atom stereocenters. The van der Waals surface area contributed by atoms with E-state index in [0.717, 1.165) is 11.1 Å². The van der Waals surface area contributed by atoms with Crippen LogP contribution in [0.4, 0.5) is 0 Å². The van der Waals surface area contributed by atoms with Crippen molar-refractivity contribution in [2.75, 3.05) is 0 Å². The maximum atomic E-state index is 9.19. The fourth-order valence-corrected chi connectivity index (χ4v) is 1.05. The summed E-state index contributed by atoms with van der Waals surface area (Å²) in [4.78, 5) is 0. The minimum absolute atomic E-state index is 0.437. The van der Waals surface area contributed by atoms with Crippen molar-refractivity contribution >= 4 is 0 Å². The van der Waals surface area contributed by atoms with Crippen LogP contribution in [0.5, 0.6) is 0 Å². The maximum absolute atomic E-state index is 9.19. The van der Waals surface area contributed by atoms with Gasteiger partial charge in [0.2, 0.25) is 0 Å². The Bertz CT molecular complexity index is 210. The Hall–Kier alpha value is -0.860. The summed E-state index contributed by atoms with van der Waals surface area (Å²) in [7, 11) is 0. The van der Waals surface area contributed by atoms with Crippen molar-refractivity contribution < 1.29 is 10.2 Å². The SMILES string of the molecule is C[C@H](O)c1ccc([C@H](C)O)cc1. The molecule has 0 amide bonds. The highest BCUT2D eigenvalue weighted by Gasteiger charge is 2.02. The van der Waals surface area contributed by atoms with Crippen molar-refractivity contribution in [3.63, 3.8) is 0 Å². The predicted molar refractivity (Wildman–Crippen MR) is 47.7 cm³/mol. The van der Waals surface area contributed by atoms with Crippen molar-refractivity contribution in [2.45, 2.75) is 26.1 Å². The molecule has 0 radical (unpaired) electrons. The summed E-state index contributed by atoms with van der Waals surface area (Å²) >= 11 is 0. The zero-order valence-electron chi connectivity index (χ0n) is 7.36.